The first-order valence-electron chi connectivity index (χ1n) is 9.11. The molecule has 1 fully saturated rings. The smallest absolute Gasteiger partial charge is 0.231 e. The molecule has 0 radical (unpaired) electrons. The van der Waals surface area contributed by atoms with Crippen LogP contribution >= 0.6 is 0 Å². The van der Waals surface area contributed by atoms with E-state index in [1.807, 2.05) is 24.3 Å². The number of nitrogens with one attached hydrogen (secondary N) is 2. The molecule has 1 aromatic carbocycles. The second-order valence-corrected chi connectivity index (χ2v) is 6.80. The van der Waals surface area contributed by atoms with Gasteiger partial charge in [0.1, 0.15) is 5.75 Å². The van der Waals surface area contributed by atoms with Crippen LogP contribution in [0.4, 0.5) is 5.69 Å². The summed E-state index contributed by atoms with van der Waals surface area (Å²) in [5.41, 5.74) is 1.54. The second kappa shape index (κ2) is 7.82. The van der Waals surface area contributed by atoms with Crippen LogP contribution in [0, 0.1) is 11.8 Å². The van der Waals surface area contributed by atoms with Gasteiger partial charge in [-0.1, -0.05) is 18.2 Å². The SMILES string of the molecule is COc1ccc(NC(=O)[C@@H]2[C@@H](C(=O)NCc3cccnc3)[C@@H]3C=C[C@@H]2O3)cc1. The van der Waals surface area contributed by atoms with E-state index in [0.29, 0.717) is 18.0 Å². The molecule has 4 atom stereocenters. The van der Waals surface area contributed by atoms with Crippen LogP contribution in [0.5, 0.6) is 5.75 Å². The zero-order chi connectivity index (χ0) is 19.5. The number of aromatic nitrogens is 1. The van der Waals surface area contributed by atoms with Crippen molar-refractivity contribution in [3.63, 3.8) is 0 Å². The Morgan fingerprint density at radius 1 is 1.07 bits per heavy atom. The van der Waals surface area contributed by atoms with Gasteiger partial charge in [0, 0.05) is 24.6 Å². The fourth-order valence-electron chi connectivity index (χ4n) is 3.64. The molecule has 0 aliphatic carbocycles. The number of anilines is 1. The van der Waals surface area contributed by atoms with Crippen LogP contribution in [0.1, 0.15) is 5.56 Å². The van der Waals surface area contributed by atoms with E-state index < -0.39 is 17.9 Å². The van der Waals surface area contributed by atoms with E-state index in [4.69, 9.17) is 9.47 Å². The van der Waals surface area contributed by atoms with Crippen molar-refractivity contribution in [2.45, 2.75) is 18.8 Å². The highest BCUT2D eigenvalue weighted by Gasteiger charge is 2.52. The minimum Gasteiger partial charge on any atom is -0.497 e. The zero-order valence-electron chi connectivity index (χ0n) is 15.4. The Bertz CT molecular complexity index is 882. The van der Waals surface area contributed by atoms with Crippen molar-refractivity contribution >= 4 is 17.5 Å². The van der Waals surface area contributed by atoms with Crippen molar-refractivity contribution in [3.8, 4) is 5.75 Å². The summed E-state index contributed by atoms with van der Waals surface area (Å²) in [7, 11) is 1.58. The fourth-order valence-corrected chi connectivity index (χ4v) is 3.64. The maximum absolute atomic E-state index is 12.9. The molecule has 2 aromatic rings. The van der Waals surface area contributed by atoms with E-state index in [9.17, 15) is 9.59 Å². The molecule has 0 unspecified atom stereocenters. The Kier molecular flexibility index (Phi) is 5.08. The van der Waals surface area contributed by atoms with Gasteiger partial charge in [0.15, 0.2) is 0 Å². The van der Waals surface area contributed by atoms with Crippen molar-refractivity contribution < 1.29 is 19.1 Å². The van der Waals surface area contributed by atoms with Crippen LogP contribution in [-0.4, -0.2) is 36.1 Å². The van der Waals surface area contributed by atoms with Gasteiger partial charge >= 0.3 is 0 Å². The number of benzene rings is 1. The number of carbonyl (C=O) groups excluding carboxylic acids is 2. The van der Waals surface area contributed by atoms with Crippen molar-refractivity contribution in [2.75, 3.05) is 12.4 Å². The fraction of sp³-hybridized carbons (Fsp3) is 0.286. The van der Waals surface area contributed by atoms with Crippen molar-refractivity contribution in [3.05, 3.63) is 66.5 Å². The Morgan fingerprint density at radius 2 is 1.79 bits per heavy atom. The summed E-state index contributed by atoms with van der Waals surface area (Å²) in [6.07, 6.45) is 6.32. The maximum atomic E-state index is 12.9. The first-order valence-corrected chi connectivity index (χ1v) is 9.11. The van der Waals surface area contributed by atoms with Crippen LogP contribution < -0.4 is 15.4 Å². The Labute approximate surface area is 162 Å². The molecule has 0 saturated carbocycles. The summed E-state index contributed by atoms with van der Waals surface area (Å²) in [5, 5.41) is 5.78. The average Bonchev–Trinajstić information content (AvgIpc) is 3.35. The summed E-state index contributed by atoms with van der Waals surface area (Å²) >= 11 is 0. The molecule has 2 aliphatic heterocycles. The average molecular weight is 379 g/mol. The summed E-state index contributed by atoms with van der Waals surface area (Å²) in [6, 6.07) is 10.8. The molecule has 2 amide bonds. The van der Waals surface area contributed by atoms with Crippen LogP contribution in [0.2, 0.25) is 0 Å². The molecule has 1 saturated heterocycles. The molecule has 1 aromatic heterocycles. The molecule has 144 valence electrons. The Morgan fingerprint density at radius 3 is 2.43 bits per heavy atom. The molecule has 2 N–H and O–H groups in total. The van der Waals surface area contributed by atoms with E-state index in [1.54, 1.807) is 43.8 Å². The second-order valence-electron chi connectivity index (χ2n) is 6.80. The van der Waals surface area contributed by atoms with Gasteiger partial charge in [0.05, 0.1) is 31.2 Å². The molecule has 0 spiro atoms. The molecular weight excluding hydrogens is 358 g/mol. The molecule has 28 heavy (non-hydrogen) atoms. The van der Waals surface area contributed by atoms with Crippen molar-refractivity contribution in [1.82, 2.24) is 10.3 Å². The number of carbonyl (C=O) groups is 2. The molecular formula is C21H21N3O4. The van der Waals surface area contributed by atoms with E-state index in [1.165, 1.54) is 0 Å². The first-order chi connectivity index (χ1) is 13.7. The standard InChI is InChI=1S/C21H21N3O4/c1-27-15-6-4-14(5-7-15)24-21(26)19-17-9-8-16(28-17)18(19)20(25)23-12-13-3-2-10-22-11-13/h2-11,16-19H,12H2,1H3,(H,23,25)(H,24,26)/t16-,17-,18-,19-/m0/s1. The Hall–Kier alpha value is -3.19. The molecule has 7 heteroatoms. The third-order valence-electron chi connectivity index (χ3n) is 5.05. The minimum atomic E-state index is -0.578. The third-order valence-corrected chi connectivity index (χ3v) is 5.05. The van der Waals surface area contributed by atoms with E-state index >= 15 is 0 Å². The lowest BCUT2D eigenvalue weighted by molar-refractivity contribution is -0.131. The van der Waals surface area contributed by atoms with Gasteiger partial charge in [-0.25, -0.2) is 0 Å². The molecule has 3 heterocycles. The van der Waals surface area contributed by atoms with Gasteiger partial charge in [-0.05, 0) is 35.9 Å². The number of pyridine rings is 1. The normalized spacial score (nSPS) is 24.8. The van der Waals surface area contributed by atoms with Crippen LogP contribution in [0.25, 0.3) is 0 Å². The van der Waals surface area contributed by atoms with Gasteiger partial charge in [0.2, 0.25) is 11.8 Å². The highest BCUT2D eigenvalue weighted by Crippen LogP contribution is 2.40. The summed E-state index contributed by atoms with van der Waals surface area (Å²) in [4.78, 5) is 29.8. The highest BCUT2D eigenvalue weighted by atomic mass is 16.5. The zero-order valence-corrected chi connectivity index (χ0v) is 15.4. The van der Waals surface area contributed by atoms with Gasteiger partial charge in [0.25, 0.3) is 0 Å². The largest absolute Gasteiger partial charge is 0.497 e. The third kappa shape index (κ3) is 3.61. The van der Waals surface area contributed by atoms with Crippen LogP contribution in [0.3, 0.4) is 0 Å². The quantitative estimate of drug-likeness (QED) is 0.749. The minimum absolute atomic E-state index is 0.199. The number of fused-ring (bicyclic) bond motifs is 2. The molecule has 7 nitrogen and oxygen atoms in total. The number of amides is 2. The monoisotopic (exact) mass is 379 g/mol. The number of ether oxygens (including phenoxy) is 2. The van der Waals surface area contributed by atoms with Gasteiger partial charge in [-0.15, -0.1) is 0 Å². The predicted molar refractivity (Wildman–Crippen MR) is 102 cm³/mol. The van der Waals surface area contributed by atoms with Crippen molar-refractivity contribution in [2.24, 2.45) is 11.8 Å². The lowest BCUT2D eigenvalue weighted by atomic mass is 9.81. The van der Waals surface area contributed by atoms with E-state index in [-0.39, 0.29) is 17.9 Å². The number of rotatable bonds is 6. The lowest BCUT2D eigenvalue weighted by Gasteiger charge is -2.23. The van der Waals surface area contributed by atoms with Gasteiger partial charge < -0.3 is 20.1 Å². The number of nitrogens with zero attached hydrogens (tertiary/aromatic N) is 1. The van der Waals surface area contributed by atoms with E-state index in [0.717, 1.165) is 5.56 Å². The summed E-state index contributed by atoms with van der Waals surface area (Å²) in [6.45, 7) is 0.358. The highest BCUT2D eigenvalue weighted by molar-refractivity contribution is 5.97. The van der Waals surface area contributed by atoms with Gasteiger partial charge in [-0.3, -0.25) is 14.6 Å². The summed E-state index contributed by atoms with van der Waals surface area (Å²) in [5.74, 6) is -0.869. The maximum Gasteiger partial charge on any atom is 0.231 e. The lowest BCUT2D eigenvalue weighted by Crippen LogP contribution is -2.44. The van der Waals surface area contributed by atoms with Crippen molar-refractivity contribution in [1.29, 1.82) is 0 Å². The molecule has 2 aliphatic rings. The first kappa shape index (κ1) is 18.2. The van der Waals surface area contributed by atoms with Crippen LogP contribution in [-0.2, 0) is 20.9 Å². The molecule has 2 bridgehead atoms. The van der Waals surface area contributed by atoms with E-state index in [2.05, 4.69) is 15.6 Å². The number of methoxy groups -OCH3 is 1. The summed E-state index contributed by atoms with van der Waals surface area (Å²) < 4.78 is 10.9. The Balaban J connectivity index is 1.44. The predicted octanol–water partition coefficient (Wildman–Crippen LogP) is 1.91. The number of hydrogen-bond acceptors (Lipinski definition) is 5. The van der Waals surface area contributed by atoms with Crippen LogP contribution in [0.15, 0.2) is 60.9 Å². The molecule has 4 rings (SSSR count). The van der Waals surface area contributed by atoms with Gasteiger partial charge in [-0.2, -0.15) is 0 Å². The number of hydrogen-bond donors (Lipinski definition) is 2. The topological polar surface area (TPSA) is 89.5 Å².